The first-order valence-electron chi connectivity index (χ1n) is 12.2. The largest absolute Gasteiger partial charge is 0.490 e. The van der Waals surface area contributed by atoms with E-state index in [1.165, 1.54) is 18.2 Å². The third-order valence-corrected chi connectivity index (χ3v) is 7.02. The number of hydrogen-bond acceptors (Lipinski definition) is 3. The van der Waals surface area contributed by atoms with Crippen LogP contribution in [-0.4, -0.2) is 30.1 Å². The molecule has 0 N–H and O–H groups in total. The fraction of sp³-hybridized carbons (Fsp3) is 0.519. The lowest BCUT2D eigenvalue weighted by Crippen LogP contribution is -2.34. The summed E-state index contributed by atoms with van der Waals surface area (Å²) in [5.74, 6) is -1.62. The molecule has 1 saturated carbocycles. The fourth-order valence-electron chi connectivity index (χ4n) is 5.04. The molecular formula is C27H32F3NO3. The van der Waals surface area contributed by atoms with Gasteiger partial charge in [0.25, 0.3) is 5.91 Å². The molecule has 0 spiro atoms. The predicted octanol–water partition coefficient (Wildman–Crippen LogP) is 6.51. The number of fused-ring (bicyclic) bond motifs is 1. The van der Waals surface area contributed by atoms with Gasteiger partial charge in [-0.15, -0.1) is 0 Å². The van der Waals surface area contributed by atoms with Crippen LogP contribution in [0.3, 0.4) is 0 Å². The molecule has 1 aliphatic heterocycles. The minimum Gasteiger partial charge on any atom is -0.490 e. The molecule has 1 fully saturated rings. The Morgan fingerprint density at radius 1 is 1.12 bits per heavy atom. The van der Waals surface area contributed by atoms with Crippen molar-refractivity contribution >= 4 is 5.91 Å². The second kappa shape index (κ2) is 10.7. The SMILES string of the molecule is CCCCOc1c(F)cc2c(c1F)C(=O)N(C[C@H]1CC[C@H](C(C)Oc3cccc(F)c3)CC1)C2. The molecule has 7 heteroatoms. The van der Waals surface area contributed by atoms with E-state index in [9.17, 15) is 18.0 Å². The highest BCUT2D eigenvalue weighted by atomic mass is 19.1. The quantitative estimate of drug-likeness (QED) is 0.388. The van der Waals surface area contributed by atoms with Gasteiger partial charge in [-0.2, -0.15) is 0 Å². The molecule has 0 saturated heterocycles. The molecule has 2 aromatic rings. The Morgan fingerprint density at radius 2 is 1.88 bits per heavy atom. The van der Waals surface area contributed by atoms with Crippen LogP contribution in [0, 0.1) is 29.3 Å². The van der Waals surface area contributed by atoms with E-state index in [0.29, 0.717) is 36.1 Å². The first-order chi connectivity index (χ1) is 16.4. The summed E-state index contributed by atoms with van der Waals surface area (Å²) in [6.45, 7) is 4.92. The lowest BCUT2D eigenvalue weighted by Gasteiger charge is -2.34. The van der Waals surface area contributed by atoms with Gasteiger partial charge < -0.3 is 14.4 Å². The van der Waals surface area contributed by atoms with Crippen molar-refractivity contribution in [1.82, 2.24) is 4.90 Å². The van der Waals surface area contributed by atoms with Gasteiger partial charge in [-0.3, -0.25) is 4.79 Å². The van der Waals surface area contributed by atoms with Crippen molar-refractivity contribution in [2.24, 2.45) is 11.8 Å². The van der Waals surface area contributed by atoms with Crippen molar-refractivity contribution in [3.8, 4) is 11.5 Å². The summed E-state index contributed by atoms with van der Waals surface area (Å²) in [4.78, 5) is 14.6. The molecule has 34 heavy (non-hydrogen) atoms. The van der Waals surface area contributed by atoms with Gasteiger partial charge in [0, 0.05) is 19.2 Å². The Bertz CT molecular complexity index is 1020. The summed E-state index contributed by atoms with van der Waals surface area (Å²) >= 11 is 0. The first-order valence-corrected chi connectivity index (χ1v) is 12.2. The van der Waals surface area contributed by atoms with Crippen molar-refractivity contribution in [2.45, 2.75) is 65.0 Å². The number of ether oxygens (including phenoxy) is 2. The number of benzene rings is 2. The number of carbonyl (C=O) groups is 1. The smallest absolute Gasteiger partial charge is 0.257 e. The molecular weight excluding hydrogens is 443 g/mol. The summed E-state index contributed by atoms with van der Waals surface area (Å²) in [5.41, 5.74) is 0.326. The van der Waals surface area contributed by atoms with Crippen LogP contribution in [-0.2, 0) is 6.54 Å². The maximum atomic E-state index is 15.0. The Hall–Kier alpha value is -2.70. The van der Waals surface area contributed by atoms with Crippen LogP contribution in [0.1, 0.15) is 68.3 Å². The van der Waals surface area contributed by atoms with E-state index in [-0.39, 0.29) is 30.6 Å². The van der Waals surface area contributed by atoms with Crippen LogP contribution >= 0.6 is 0 Å². The number of carbonyl (C=O) groups excluding carboxylic acids is 1. The van der Waals surface area contributed by atoms with Gasteiger partial charge in [-0.1, -0.05) is 19.4 Å². The number of halogens is 3. The first kappa shape index (κ1) is 24.4. The van der Waals surface area contributed by atoms with Crippen molar-refractivity contribution in [3.63, 3.8) is 0 Å². The molecule has 0 radical (unpaired) electrons. The maximum absolute atomic E-state index is 15.0. The molecule has 1 aliphatic carbocycles. The third kappa shape index (κ3) is 5.34. The van der Waals surface area contributed by atoms with Crippen LogP contribution < -0.4 is 9.47 Å². The molecule has 1 unspecified atom stereocenters. The summed E-state index contributed by atoms with van der Waals surface area (Å²) in [7, 11) is 0. The van der Waals surface area contributed by atoms with Crippen molar-refractivity contribution in [1.29, 1.82) is 0 Å². The fourth-order valence-corrected chi connectivity index (χ4v) is 5.04. The van der Waals surface area contributed by atoms with Crippen molar-refractivity contribution < 1.29 is 27.4 Å². The zero-order valence-corrected chi connectivity index (χ0v) is 19.8. The molecule has 184 valence electrons. The van der Waals surface area contributed by atoms with Gasteiger partial charge >= 0.3 is 0 Å². The molecule has 0 bridgehead atoms. The van der Waals surface area contributed by atoms with Gasteiger partial charge in [-0.25, -0.2) is 13.2 Å². The molecule has 2 aliphatic rings. The lowest BCUT2D eigenvalue weighted by molar-refractivity contribution is 0.0682. The average molecular weight is 476 g/mol. The van der Waals surface area contributed by atoms with Gasteiger partial charge in [-0.05, 0) is 74.6 Å². The zero-order chi connectivity index (χ0) is 24.2. The zero-order valence-electron chi connectivity index (χ0n) is 19.8. The van der Waals surface area contributed by atoms with Crippen molar-refractivity contribution in [2.75, 3.05) is 13.2 Å². The van der Waals surface area contributed by atoms with Gasteiger partial charge in [0.1, 0.15) is 11.6 Å². The van der Waals surface area contributed by atoms with E-state index in [1.807, 2.05) is 13.8 Å². The molecule has 2 aromatic carbocycles. The van der Waals surface area contributed by atoms with Crippen LogP contribution in [0.4, 0.5) is 13.2 Å². The highest BCUT2D eigenvalue weighted by Gasteiger charge is 2.36. The van der Waals surface area contributed by atoms with E-state index in [1.54, 1.807) is 17.0 Å². The van der Waals surface area contributed by atoms with Gasteiger partial charge in [0.15, 0.2) is 17.4 Å². The number of rotatable bonds is 9. The van der Waals surface area contributed by atoms with Crippen LogP contribution in [0.5, 0.6) is 11.5 Å². The highest BCUT2D eigenvalue weighted by molar-refractivity contribution is 5.99. The number of amides is 1. The van der Waals surface area contributed by atoms with E-state index in [4.69, 9.17) is 9.47 Å². The maximum Gasteiger partial charge on any atom is 0.257 e. The van der Waals surface area contributed by atoms with Crippen LogP contribution in [0.2, 0.25) is 0 Å². The minimum absolute atomic E-state index is 0.0383. The summed E-state index contributed by atoms with van der Waals surface area (Å²) in [6.07, 6.45) is 5.21. The predicted molar refractivity (Wildman–Crippen MR) is 123 cm³/mol. The minimum atomic E-state index is -0.884. The second-order valence-corrected chi connectivity index (χ2v) is 9.48. The summed E-state index contributed by atoms with van der Waals surface area (Å²) < 4.78 is 54.0. The van der Waals surface area contributed by atoms with Gasteiger partial charge in [0.05, 0.1) is 18.3 Å². The Balaban J connectivity index is 1.32. The molecule has 4 rings (SSSR count). The monoisotopic (exact) mass is 475 g/mol. The van der Waals surface area contributed by atoms with Crippen LogP contribution in [0.15, 0.2) is 30.3 Å². The molecule has 0 aromatic heterocycles. The van der Waals surface area contributed by atoms with E-state index >= 15 is 0 Å². The second-order valence-electron chi connectivity index (χ2n) is 9.48. The molecule has 1 amide bonds. The Kier molecular flexibility index (Phi) is 7.69. The van der Waals surface area contributed by atoms with Gasteiger partial charge in [0.2, 0.25) is 0 Å². The standard InChI is InChI=1S/C27H32F3NO3/c1-3-4-12-33-26-23(29)13-20-16-31(27(32)24(20)25(26)30)15-18-8-10-19(11-9-18)17(2)34-22-7-5-6-21(28)14-22/h5-7,13-14,17-19H,3-4,8-12,15-16H2,1-2H3/t17?,18-,19-. The average Bonchev–Trinajstić information content (AvgIpc) is 3.11. The van der Waals surface area contributed by atoms with E-state index < -0.39 is 23.3 Å². The summed E-state index contributed by atoms with van der Waals surface area (Å²) in [6, 6.07) is 7.40. The van der Waals surface area contributed by atoms with E-state index in [0.717, 1.165) is 32.1 Å². The topological polar surface area (TPSA) is 38.8 Å². The lowest BCUT2D eigenvalue weighted by atomic mass is 9.79. The molecule has 4 nitrogen and oxygen atoms in total. The van der Waals surface area contributed by atoms with E-state index in [2.05, 4.69) is 0 Å². The van der Waals surface area contributed by atoms with Crippen molar-refractivity contribution in [3.05, 3.63) is 58.9 Å². The number of hydrogen-bond donors (Lipinski definition) is 0. The van der Waals surface area contributed by atoms with Crippen LogP contribution in [0.25, 0.3) is 0 Å². The highest BCUT2D eigenvalue weighted by Crippen LogP contribution is 2.37. The Morgan fingerprint density at radius 3 is 2.59 bits per heavy atom. The third-order valence-electron chi connectivity index (χ3n) is 7.02. The molecule has 1 atom stereocenters. The summed E-state index contributed by atoms with van der Waals surface area (Å²) in [5, 5.41) is 0. The normalized spacial score (nSPS) is 20.9. The Labute approximate surface area is 199 Å². The number of unbranched alkanes of at least 4 members (excludes halogenated alkanes) is 1. The number of nitrogens with zero attached hydrogens (tertiary/aromatic N) is 1. The molecule has 1 heterocycles.